The lowest BCUT2D eigenvalue weighted by Crippen LogP contribution is -2.66. The predicted molar refractivity (Wildman–Crippen MR) is 155 cm³/mol. The Kier molecular flexibility index (Phi) is 6.04. The van der Waals surface area contributed by atoms with E-state index in [2.05, 4.69) is 40.7 Å². The minimum Gasteiger partial charge on any atom is -0.343 e. The van der Waals surface area contributed by atoms with Crippen LogP contribution in [0.2, 0.25) is 0 Å². The minimum absolute atomic E-state index is 0.0577. The van der Waals surface area contributed by atoms with Gasteiger partial charge in [-0.3, -0.25) is 14.4 Å². The Bertz CT molecular complexity index is 1280. The van der Waals surface area contributed by atoms with Gasteiger partial charge in [0, 0.05) is 36.3 Å². The van der Waals surface area contributed by atoms with Crippen molar-refractivity contribution in [3.63, 3.8) is 0 Å². The molecule has 0 aromatic rings. The number of ketones is 2. The predicted octanol–water partition coefficient (Wildman–Crippen LogP) is 6.68. The number of rotatable bonds is 2. The Morgan fingerprint density at radius 2 is 1.73 bits per heavy atom. The van der Waals surface area contributed by atoms with E-state index in [1.807, 2.05) is 30.9 Å². The molecule has 0 bridgehead atoms. The summed E-state index contributed by atoms with van der Waals surface area (Å²) in [6, 6.07) is 2.21. The second kappa shape index (κ2) is 8.65. The van der Waals surface area contributed by atoms with Crippen molar-refractivity contribution in [3.05, 3.63) is 23.3 Å². The first-order valence-electron chi connectivity index (χ1n) is 15.9. The van der Waals surface area contributed by atoms with Gasteiger partial charge >= 0.3 is 0 Å². The van der Waals surface area contributed by atoms with E-state index >= 15 is 0 Å². The number of nitrogens with zero attached hydrogens (tertiary/aromatic N) is 2. The van der Waals surface area contributed by atoms with Gasteiger partial charge in [0.2, 0.25) is 5.91 Å². The molecule has 5 aliphatic carbocycles. The van der Waals surface area contributed by atoms with E-state index in [4.69, 9.17) is 0 Å². The molecule has 0 unspecified atom stereocenters. The number of nitriles is 1. The van der Waals surface area contributed by atoms with Gasteiger partial charge in [-0.1, -0.05) is 60.1 Å². The monoisotopic (exact) mass is 544 g/mol. The number of carbonyl (C=O) groups excluding carboxylic acids is 3. The van der Waals surface area contributed by atoms with Gasteiger partial charge < -0.3 is 4.90 Å². The molecule has 0 N–H and O–H groups in total. The van der Waals surface area contributed by atoms with Crippen molar-refractivity contribution in [3.8, 4) is 6.07 Å². The van der Waals surface area contributed by atoms with Crippen molar-refractivity contribution in [2.75, 3.05) is 13.1 Å². The van der Waals surface area contributed by atoms with E-state index in [0.29, 0.717) is 24.2 Å². The van der Waals surface area contributed by atoms with Crippen LogP contribution in [0.4, 0.5) is 0 Å². The van der Waals surface area contributed by atoms with E-state index < -0.39 is 10.8 Å². The highest BCUT2D eigenvalue weighted by atomic mass is 16.2. The van der Waals surface area contributed by atoms with Crippen molar-refractivity contribution >= 4 is 17.5 Å². The van der Waals surface area contributed by atoms with Gasteiger partial charge in [-0.25, -0.2) is 0 Å². The van der Waals surface area contributed by atoms with Crippen molar-refractivity contribution < 1.29 is 14.4 Å². The second-order valence-corrected chi connectivity index (χ2v) is 16.0. The van der Waals surface area contributed by atoms with Crippen LogP contribution in [0, 0.1) is 68.0 Å². The molecule has 4 fully saturated rings. The summed E-state index contributed by atoms with van der Waals surface area (Å²) in [5.41, 5.74) is -0.305. The molecule has 216 valence electrons. The number of hydrogen-bond donors (Lipinski definition) is 0. The van der Waals surface area contributed by atoms with Crippen molar-refractivity contribution in [2.24, 2.45) is 56.7 Å². The van der Waals surface area contributed by atoms with E-state index in [1.54, 1.807) is 0 Å². The summed E-state index contributed by atoms with van der Waals surface area (Å²) in [7, 11) is 0. The number of hydrogen-bond acceptors (Lipinski definition) is 4. The molecule has 1 aliphatic heterocycles. The number of Topliss-reactive ketones (excluding diaryl/α,β-unsaturated/α-hetero) is 1. The molecule has 3 saturated carbocycles. The molecule has 5 nitrogen and oxygen atoms in total. The standard InChI is InChI=1S/C35H48N2O3/c1-21-9-12-35(19-27(39)37-15-8-16-37)14-13-34(7)29(28(35)22(21)2)24(38)17-26-32(5)18-23(20-36)30(40)31(3,4)25(32)10-11-33(26,34)6/h17-18,21-22,25,28-29H,8-16,19H2,1-7H3/t21-,22+,25+,28+,29-,32+,33-,34-,35-/m1/s1. The summed E-state index contributed by atoms with van der Waals surface area (Å²) in [6.07, 6.45) is 11.6. The smallest absolute Gasteiger partial charge is 0.223 e. The second-order valence-electron chi connectivity index (χ2n) is 16.0. The zero-order chi connectivity index (χ0) is 29.0. The normalized spacial score (nSPS) is 47.4. The fraction of sp³-hybridized carbons (Fsp3) is 0.771. The van der Waals surface area contributed by atoms with E-state index in [-0.39, 0.29) is 51.1 Å². The lowest BCUT2D eigenvalue weighted by molar-refractivity contribution is -0.182. The maximum Gasteiger partial charge on any atom is 0.223 e. The molecule has 0 spiro atoms. The first-order valence-corrected chi connectivity index (χ1v) is 15.9. The molecule has 1 heterocycles. The molecule has 0 aromatic heterocycles. The van der Waals surface area contributed by atoms with Crippen molar-refractivity contribution in [2.45, 2.75) is 99.8 Å². The molecule has 0 radical (unpaired) electrons. The molecule has 6 rings (SSSR count). The van der Waals surface area contributed by atoms with E-state index in [0.717, 1.165) is 63.6 Å². The fourth-order valence-electron chi connectivity index (χ4n) is 11.3. The first kappa shape index (κ1) is 27.9. The van der Waals surface area contributed by atoms with Crippen LogP contribution in [-0.2, 0) is 14.4 Å². The molecule has 6 aliphatic rings. The molecule has 40 heavy (non-hydrogen) atoms. The number of allylic oxidation sites excluding steroid dienone is 4. The number of amides is 1. The van der Waals surface area contributed by atoms with E-state index in [9.17, 15) is 19.6 Å². The molecule has 9 atom stereocenters. The summed E-state index contributed by atoms with van der Waals surface area (Å²) in [5.74, 6) is 1.53. The average molecular weight is 545 g/mol. The van der Waals surface area contributed by atoms with Gasteiger partial charge in [-0.2, -0.15) is 5.26 Å². The maximum atomic E-state index is 14.6. The van der Waals surface area contributed by atoms with Gasteiger partial charge in [0.15, 0.2) is 11.6 Å². The van der Waals surface area contributed by atoms with Gasteiger partial charge in [-0.15, -0.1) is 0 Å². The molecule has 0 aromatic carbocycles. The van der Waals surface area contributed by atoms with Gasteiger partial charge in [0.25, 0.3) is 0 Å². The molecule has 5 heteroatoms. The van der Waals surface area contributed by atoms with E-state index in [1.165, 1.54) is 0 Å². The van der Waals surface area contributed by atoms with Crippen LogP contribution < -0.4 is 0 Å². The fourth-order valence-corrected chi connectivity index (χ4v) is 11.3. The van der Waals surface area contributed by atoms with Crippen molar-refractivity contribution in [1.29, 1.82) is 5.26 Å². The van der Waals surface area contributed by atoms with Crippen LogP contribution in [0.5, 0.6) is 0 Å². The number of likely N-dealkylation sites (tertiary alicyclic amines) is 1. The molecular formula is C35H48N2O3. The Balaban J connectivity index is 1.48. The zero-order valence-electron chi connectivity index (χ0n) is 25.7. The van der Waals surface area contributed by atoms with Crippen LogP contribution in [0.25, 0.3) is 0 Å². The van der Waals surface area contributed by atoms with Crippen molar-refractivity contribution in [1.82, 2.24) is 4.90 Å². The van der Waals surface area contributed by atoms with Gasteiger partial charge in [-0.05, 0) is 90.9 Å². The Morgan fingerprint density at radius 1 is 1.02 bits per heavy atom. The summed E-state index contributed by atoms with van der Waals surface area (Å²) >= 11 is 0. The third kappa shape index (κ3) is 3.34. The molecular weight excluding hydrogens is 496 g/mol. The molecule has 1 amide bonds. The number of carbonyl (C=O) groups is 3. The third-order valence-corrected chi connectivity index (χ3v) is 14.1. The lowest BCUT2D eigenvalue weighted by atomic mass is 9.33. The minimum atomic E-state index is -0.649. The first-order chi connectivity index (χ1) is 18.7. The lowest BCUT2D eigenvalue weighted by Gasteiger charge is -2.69. The SMILES string of the molecule is C[C@@H]1[C@H]2[C@H]3C(=O)C=C4[C@@]5(C)C=C(C#N)C(=O)C(C)(C)[C@@H]5CC[C@@]4(C)[C@]3(C)CC[C@@]2(CC(=O)N2CCC2)CC[C@H]1C. The molecule has 1 saturated heterocycles. The quantitative estimate of drug-likeness (QED) is 0.388. The van der Waals surface area contributed by atoms with Crippen LogP contribution in [-0.4, -0.2) is 35.5 Å². The Labute approximate surface area is 240 Å². The van der Waals surface area contributed by atoms with Crippen LogP contribution >= 0.6 is 0 Å². The highest BCUT2D eigenvalue weighted by Gasteiger charge is 2.70. The van der Waals surface area contributed by atoms with Gasteiger partial charge in [0.05, 0.1) is 5.57 Å². The number of fused-ring (bicyclic) bond motifs is 7. The summed E-state index contributed by atoms with van der Waals surface area (Å²) in [4.78, 5) is 43.4. The summed E-state index contributed by atoms with van der Waals surface area (Å²) in [6.45, 7) is 17.4. The van der Waals surface area contributed by atoms with Crippen LogP contribution in [0.1, 0.15) is 99.8 Å². The Hall–Kier alpha value is -2.22. The highest BCUT2D eigenvalue weighted by molar-refractivity contribution is 6.04. The largest absolute Gasteiger partial charge is 0.343 e. The highest BCUT2D eigenvalue weighted by Crippen LogP contribution is 2.75. The third-order valence-electron chi connectivity index (χ3n) is 14.1. The van der Waals surface area contributed by atoms with Crippen LogP contribution in [0.3, 0.4) is 0 Å². The zero-order valence-corrected chi connectivity index (χ0v) is 25.7. The average Bonchev–Trinajstić information content (AvgIpc) is 2.85. The van der Waals surface area contributed by atoms with Crippen LogP contribution in [0.15, 0.2) is 23.3 Å². The van der Waals surface area contributed by atoms with Gasteiger partial charge in [0.1, 0.15) is 6.07 Å². The topological polar surface area (TPSA) is 78.2 Å². The maximum absolute atomic E-state index is 14.6. The summed E-state index contributed by atoms with van der Waals surface area (Å²) < 4.78 is 0. The Morgan fingerprint density at radius 3 is 2.35 bits per heavy atom. The summed E-state index contributed by atoms with van der Waals surface area (Å²) in [5, 5.41) is 9.94.